The second-order valence-corrected chi connectivity index (χ2v) is 4.66. The first kappa shape index (κ1) is 11.6. The molecule has 2 rings (SSSR count). The van der Waals surface area contributed by atoms with Crippen molar-refractivity contribution in [2.24, 2.45) is 0 Å². The van der Waals surface area contributed by atoms with E-state index in [4.69, 9.17) is 4.74 Å². The van der Waals surface area contributed by atoms with Crippen molar-refractivity contribution in [1.29, 1.82) is 0 Å². The van der Waals surface area contributed by atoms with E-state index in [0.29, 0.717) is 24.0 Å². The highest BCUT2D eigenvalue weighted by Gasteiger charge is 2.38. The normalized spacial score (nSPS) is 23.8. The van der Waals surface area contributed by atoms with Crippen molar-refractivity contribution in [3.63, 3.8) is 0 Å². The first-order valence-corrected chi connectivity index (χ1v) is 5.65. The Hall–Kier alpha value is -0.930. The van der Waals surface area contributed by atoms with Gasteiger partial charge in [0.25, 0.3) is 0 Å². The summed E-state index contributed by atoms with van der Waals surface area (Å²) in [5, 5.41) is 10.4. The fraction of sp³-hybridized carbons (Fsp3) is 0.538. The van der Waals surface area contributed by atoms with E-state index in [1.807, 2.05) is 13.8 Å². The summed E-state index contributed by atoms with van der Waals surface area (Å²) in [5.74, 6) is -0.224. The second kappa shape index (κ2) is 4.15. The lowest BCUT2D eigenvalue weighted by Gasteiger charge is -2.25. The molecule has 0 aliphatic heterocycles. The molecule has 16 heavy (non-hydrogen) atoms. The molecule has 0 saturated heterocycles. The summed E-state index contributed by atoms with van der Waals surface area (Å²) in [7, 11) is 0. The fourth-order valence-corrected chi connectivity index (χ4v) is 2.17. The third kappa shape index (κ3) is 1.97. The van der Waals surface area contributed by atoms with Crippen LogP contribution in [0.2, 0.25) is 0 Å². The van der Waals surface area contributed by atoms with Crippen LogP contribution in [-0.2, 0) is 16.8 Å². The van der Waals surface area contributed by atoms with Gasteiger partial charge in [0, 0.05) is 0 Å². The van der Waals surface area contributed by atoms with Crippen LogP contribution in [0.5, 0.6) is 0 Å². The minimum absolute atomic E-state index is 0.0710. The molecule has 0 amide bonds. The molecule has 2 nitrogen and oxygen atoms in total. The van der Waals surface area contributed by atoms with Crippen molar-refractivity contribution in [3.05, 3.63) is 35.1 Å². The number of aliphatic hydroxyl groups is 1. The molecular weight excluding hydrogens is 207 g/mol. The smallest absolute Gasteiger partial charge is 0.126 e. The monoisotopic (exact) mass is 224 g/mol. The SMILES string of the molecule is CC(C)OCC1(O)CCc2c(F)cccc21. The quantitative estimate of drug-likeness (QED) is 0.854. The summed E-state index contributed by atoms with van der Waals surface area (Å²) in [6, 6.07) is 4.86. The average molecular weight is 224 g/mol. The van der Waals surface area contributed by atoms with Gasteiger partial charge in [-0.15, -0.1) is 0 Å². The molecule has 0 aromatic heterocycles. The van der Waals surface area contributed by atoms with Crippen LogP contribution in [0.4, 0.5) is 4.39 Å². The van der Waals surface area contributed by atoms with E-state index < -0.39 is 5.60 Å². The number of ether oxygens (including phenoxy) is 1. The van der Waals surface area contributed by atoms with Gasteiger partial charge in [-0.2, -0.15) is 0 Å². The average Bonchev–Trinajstić information content (AvgIpc) is 2.57. The molecule has 1 aromatic carbocycles. The van der Waals surface area contributed by atoms with Crippen LogP contribution in [0.25, 0.3) is 0 Å². The number of fused-ring (bicyclic) bond motifs is 1. The van der Waals surface area contributed by atoms with Crippen LogP contribution in [-0.4, -0.2) is 17.8 Å². The second-order valence-electron chi connectivity index (χ2n) is 4.66. The third-order valence-corrected chi connectivity index (χ3v) is 3.06. The van der Waals surface area contributed by atoms with E-state index in [9.17, 15) is 9.50 Å². The Bertz CT molecular complexity index is 390. The molecule has 1 aromatic rings. The summed E-state index contributed by atoms with van der Waals surface area (Å²) in [4.78, 5) is 0. The van der Waals surface area contributed by atoms with Crippen molar-refractivity contribution < 1.29 is 14.2 Å². The van der Waals surface area contributed by atoms with Crippen LogP contribution in [0.15, 0.2) is 18.2 Å². The van der Waals surface area contributed by atoms with Gasteiger partial charge in [0.05, 0.1) is 12.7 Å². The van der Waals surface area contributed by atoms with Crippen molar-refractivity contribution >= 4 is 0 Å². The maximum atomic E-state index is 13.5. The topological polar surface area (TPSA) is 29.5 Å². The van der Waals surface area contributed by atoms with Gasteiger partial charge in [0.1, 0.15) is 11.4 Å². The molecule has 3 heteroatoms. The first-order chi connectivity index (χ1) is 7.53. The van der Waals surface area contributed by atoms with E-state index >= 15 is 0 Å². The number of rotatable bonds is 3. The zero-order valence-electron chi connectivity index (χ0n) is 9.66. The molecule has 1 unspecified atom stereocenters. The van der Waals surface area contributed by atoms with Crippen LogP contribution in [0.1, 0.15) is 31.4 Å². The van der Waals surface area contributed by atoms with Gasteiger partial charge in [-0.3, -0.25) is 0 Å². The summed E-state index contributed by atoms with van der Waals surface area (Å²) < 4.78 is 18.9. The number of hydrogen-bond donors (Lipinski definition) is 1. The lowest BCUT2D eigenvalue weighted by Crippen LogP contribution is -2.30. The number of benzene rings is 1. The molecule has 1 atom stereocenters. The predicted octanol–water partition coefficient (Wildman–Crippen LogP) is 2.38. The molecule has 0 saturated carbocycles. The Morgan fingerprint density at radius 3 is 2.94 bits per heavy atom. The van der Waals surface area contributed by atoms with Crippen LogP contribution in [0.3, 0.4) is 0 Å². The van der Waals surface area contributed by atoms with Gasteiger partial charge < -0.3 is 9.84 Å². The van der Waals surface area contributed by atoms with Crippen LogP contribution in [0, 0.1) is 5.82 Å². The zero-order valence-corrected chi connectivity index (χ0v) is 9.66. The molecule has 88 valence electrons. The van der Waals surface area contributed by atoms with E-state index in [-0.39, 0.29) is 18.5 Å². The van der Waals surface area contributed by atoms with Gasteiger partial charge in [0.15, 0.2) is 0 Å². The van der Waals surface area contributed by atoms with Crippen molar-refractivity contribution in [2.45, 2.75) is 38.4 Å². The molecule has 1 aliphatic rings. The van der Waals surface area contributed by atoms with E-state index in [2.05, 4.69) is 0 Å². The molecule has 0 bridgehead atoms. The number of halogens is 1. The lowest BCUT2D eigenvalue weighted by molar-refractivity contribution is -0.0677. The third-order valence-electron chi connectivity index (χ3n) is 3.06. The summed E-state index contributed by atoms with van der Waals surface area (Å²) in [5.41, 5.74) is 0.312. The highest BCUT2D eigenvalue weighted by molar-refractivity contribution is 5.38. The molecular formula is C13H17FO2. The summed E-state index contributed by atoms with van der Waals surface area (Å²) >= 11 is 0. The summed E-state index contributed by atoms with van der Waals surface area (Å²) in [6.07, 6.45) is 1.19. The molecule has 1 aliphatic carbocycles. The highest BCUT2D eigenvalue weighted by atomic mass is 19.1. The Kier molecular flexibility index (Phi) is 3.00. The summed E-state index contributed by atoms with van der Waals surface area (Å²) in [6.45, 7) is 4.08. The van der Waals surface area contributed by atoms with Crippen LogP contribution >= 0.6 is 0 Å². The van der Waals surface area contributed by atoms with Crippen molar-refractivity contribution in [1.82, 2.24) is 0 Å². The minimum atomic E-state index is -1.01. The van der Waals surface area contributed by atoms with E-state index in [1.54, 1.807) is 12.1 Å². The van der Waals surface area contributed by atoms with Crippen molar-refractivity contribution in [2.75, 3.05) is 6.61 Å². The Balaban J connectivity index is 2.25. The van der Waals surface area contributed by atoms with Crippen LogP contribution < -0.4 is 0 Å². The van der Waals surface area contributed by atoms with E-state index in [1.165, 1.54) is 6.07 Å². The Labute approximate surface area is 95.1 Å². The lowest BCUT2D eigenvalue weighted by atomic mass is 9.97. The maximum absolute atomic E-state index is 13.5. The maximum Gasteiger partial charge on any atom is 0.126 e. The van der Waals surface area contributed by atoms with Gasteiger partial charge in [0.2, 0.25) is 0 Å². The molecule has 0 radical (unpaired) electrons. The first-order valence-electron chi connectivity index (χ1n) is 5.65. The molecule has 0 fully saturated rings. The molecule has 0 heterocycles. The van der Waals surface area contributed by atoms with Gasteiger partial charge in [-0.05, 0) is 43.9 Å². The highest BCUT2D eigenvalue weighted by Crippen LogP contribution is 2.38. The minimum Gasteiger partial charge on any atom is -0.383 e. The Morgan fingerprint density at radius 2 is 2.25 bits per heavy atom. The standard InChI is InChI=1S/C13H17FO2/c1-9(2)16-8-13(15)7-6-10-11(13)4-3-5-12(10)14/h3-5,9,15H,6-8H2,1-2H3. The predicted molar refractivity (Wildman–Crippen MR) is 59.7 cm³/mol. The zero-order chi connectivity index (χ0) is 11.8. The molecule has 1 N–H and O–H groups in total. The van der Waals surface area contributed by atoms with Gasteiger partial charge >= 0.3 is 0 Å². The van der Waals surface area contributed by atoms with Gasteiger partial charge in [-0.1, -0.05) is 12.1 Å². The van der Waals surface area contributed by atoms with Gasteiger partial charge in [-0.25, -0.2) is 4.39 Å². The Morgan fingerprint density at radius 1 is 1.50 bits per heavy atom. The molecule has 0 spiro atoms. The largest absolute Gasteiger partial charge is 0.383 e. The van der Waals surface area contributed by atoms with Crippen molar-refractivity contribution in [3.8, 4) is 0 Å². The number of hydrogen-bond acceptors (Lipinski definition) is 2. The van der Waals surface area contributed by atoms with E-state index in [0.717, 1.165) is 0 Å². The fourth-order valence-electron chi connectivity index (χ4n) is 2.17.